The Morgan fingerprint density at radius 1 is 1.47 bits per heavy atom. The Hall–Kier alpha value is -2.71. The number of hydrazone groups is 1. The maximum absolute atomic E-state index is 11.8. The van der Waals surface area contributed by atoms with Crippen LogP contribution in [-0.2, 0) is 20.9 Å². The molecule has 0 radical (unpaired) electrons. The first kappa shape index (κ1) is 12.7. The van der Waals surface area contributed by atoms with Gasteiger partial charge in [0.2, 0.25) is 11.8 Å². The molecule has 2 rings (SSSR count). The van der Waals surface area contributed by atoms with E-state index >= 15 is 0 Å². The Morgan fingerprint density at radius 2 is 2.26 bits per heavy atom. The Balaban J connectivity index is 1.97. The van der Waals surface area contributed by atoms with Crippen LogP contribution in [0.15, 0.2) is 17.5 Å². The summed E-state index contributed by atoms with van der Waals surface area (Å²) in [5, 5.41) is 10.1. The predicted octanol–water partition coefficient (Wildman–Crippen LogP) is -1.43. The van der Waals surface area contributed by atoms with E-state index in [-0.39, 0.29) is 31.0 Å². The Kier molecular flexibility index (Phi) is 3.55. The fourth-order valence-electron chi connectivity index (χ4n) is 1.52. The SMILES string of the molecule is NC(=O)Cn1cc(NC(=O)C2=NNC(=O)CC2)cn1. The zero-order chi connectivity index (χ0) is 13.8. The van der Waals surface area contributed by atoms with Gasteiger partial charge in [0.15, 0.2) is 0 Å². The quantitative estimate of drug-likeness (QED) is 0.615. The van der Waals surface area contributed by atoms with Crippen LogP contribution in [0, 0.1) is 0 Å². The van der Waals surface area contributed by atoms with Gasteiger partial charge in [-0.3, -0.25) is 19.1 Å². The predicted molar refractivity (Wildman–Crippen MR) is 64.9 cm³/mol. The van der Waals surface area contributed by atoms with Gasteiger partial charge in [0.1, 0.15) is 12.3 Å². The number of nitrogens with one attached hydrogen (secondary N) is 2. The van der Waals surface area contributed by atoms with Crippen molar-refractivity contribution in [1.82, 2.24) is 15.2 Å². The average Bonchev–Trinajstić information content (AvgIpc) is 2.76. The van der Waals surface area contributed by atoms with Crippen LogP contribution in [0.5, 0.6) is 0 Å². The maximum atomic E-state index is 11.8. The normalized spacial score (nSPS) is 14.5. The van der Waals surface area contributed by atoms with Crippen molar-refractivity contribution in [3.05, 3.63) is 12.4 Å². The molecular weight excluding hydrogens is 252 g/mol. The fourth-order valence-corrected chi connectivity index (χ4v) is 1.52. The number of primary amides is 1. The second-order valence-corrected chi connectivity index (χ2v) is 3.94. The van der Waals surface area contributed by atoms with Gasteiger partial charge < -0.3 is 11.1 Å². The van der Waals surface area contributed by atoms with Gasteiger partial charge in [-0.2, -0.15) is 10.2 Å². The summed E-state index contributed by atoms with van der Waals surface area (Å²) in [6, 6.07) is 0. The van der Waals surface area contributed by atoms with E-state index in [0.717, 1.165) is 0 Å². The lowest BCUT2D eigenvalue weighted by Crippen LogP contribution is -2.32. The van der Waals surface area contributed by atoms with Crippen molar-refractivity contribution < 1.29 is 14.4 Å². The highest BCUT2D eigenvalue weighted by atomic mass is 16.2. The average molecular weight is 264 g/mol. The van der Waals surface area contributed by atoms with Gasteiger partial charge in [0.05, 0.1) is 11.9 Å². The second kappa shape index (κ2) is 5.29. The van der Waals surface area contributed by atoms with E-state index in [4.69, 9.17) is 5.73 Å². The van der Waals surface area contributed by atoms with Crippen molar-refractivity contribution in [3.63, 3.8) is 0 Å². The molecule has 1 aliphatic rings. The highest BCUT2D eigenvalue weighted by Crippen LogP contribution is 2.07. The largest absolute Gasteiger partial charge is 0.368 e. The lowest BCUT2D eigenvalue weighted by Gasteiger charge is -2.10. The fraction of sp³-hybridized carbons (Fsp3) is 0.300. The van der Waals surface area contributed by atoms with Crippen LogP contribution in [-0.4, -0.2) is 33.2 Å². The van der Waals surface area contributed by atoms with Crippen LogP contribution >= 0.6 is 0 Å². The monoisotopic (exact) mass is 264 g/mol. The molecule has 1 aliphatic heterocycles. The molecule has 1 aromatic heterocycles. The van der Waals surface area contributed by atoms with E-state index < -0.39 is 11.8 Å². The molecule has 0 aliphatic carbocycles. The van der Waals surface area contributed by atoms with Gasteiger partial charge in [-0.05, 0) is 0 Å². The highest BCUT2D eigenvalue weighted by Gasteiger charge is 2.18. The van der Waals surface area contributed by atoms with E-state index in [2.05, 4.69) is 20.9 Å². The Morgan fingerprint density at radius 3 is 2.89 bits per heavy atom. The van der Waals surface area contributed by atoms with Crippen LogP contribution < -0.4 is 16.5 Å². The molecule has 0 aromatic carbocycles. The van der Waals surface area contributed by atoms with Gasteiger partial charge in [0.25, 0.3) is 5.91 Å². The summed E-state index contributed by atoms with van der Waals surface area (Å²) in [6.07, 6.45) is 3.38. The minimum Gasteiger partial charge on any atom is -0.368 e. The molecule has 0 saturated heterocycles. The highest BCUT2D eigenvalue weighted by molar-refractivity contribution is 6.43. The number of anilines is 1. The maximum Gasteiger partial charge on any atom is 0.271 e. The first-order valence-corrected chi connectivity index (χ1v) is 5.52. The van der Waals surface area contributed by atoms with Crippen molar-refractivity contribution in [3.8, 4) is 0 Å². The van der Waals surface area contributed by atoms with Crippen molar-refractivity contribution in [2.24, 2.45) is 10.8 Å². The number of amides is 3. The number of carbonyl (C=O) groups excluding carboxylic acids is 3. The molecule has 0 spiro atoms. The third-order valence-corrected chi connectivity index (χ3v) is 2.38. The summed E-state index contributed by atoms with van der Waals surface area (Å²) < 4.78 is 1.31. The lowest BCUT2D eigenvalue weighted by atomic mass is 10.1. The first-order chi connectivity index (χ1) is 9.04. The number of carbonyl (C=O) groups is 3. The topological polar surface area (TPSA) is 131 Å². The van der Waals surface area contributed by atoms with Crippen LogP contribution in [0.4, 0.5) is 5.69 Å². The summed E-state index contributed by atoms with van der Waals surface area (Å²) in [7, 11) is 0. The standard InChI is InChI=1S/C10H12N6O3/c11-8(17)5-16-4-6(3-12-16)13-10(19)7-1-2-9(18)15-14-7/h3-4H,1-2,5H2,(H2,11,17)(H,13,19)(H,15,18). The van der Waals surface area contributed by atoms with Crippen molar-refractivity contribution in [1.29, 1.82) is 0 Å². The summed E-state index contributed by atoms with van der Waals surface area (Å²) in [4.78, 5) is 33.4. The number of aromatic nitrogens is 2. The molecule has 4 N–H and O–H groups in total. The van der Waals surface area contributed by atoms with Gasteiger partial charge in [-0.1, -0.05) is 0 Å². The third kappa shape index (κ3) is 3.37. The van der Waals surface area contributed by atoms with Crippen molar-refractivity contribution in [2.45, 2.75) is 19.4 Å². The van der Waals surface area contributed by atoms with Crippen LogP contribution in [0.2, 0.25) is 0 Å². The molecule has 0 saturated carbocycles. The Bertz CT molecular complexity index is 561. The molecular formula is C10H12N6O3. The van der Waals surface area contributed by atoms with E-state index in [1.807, 2.05) is 0 Å². The first-order valence-electron chi connectivity index (χ1n) is 5.52. The van der Waals surface area contributed by atoms with Gasteiger partial charge in [-0.15, -0.1) is 0 Å². The van der Waals surface area contributed by atoms with Gasteiger partial charge in [-0.25, -0.2) is 5.43 Å². The minimum absolute atomic E-state index is 0.0626. The van der Waals surface area contributed by atoms with E-state index in [0.29, 0.717) is 5.69 Å². The molecule has 0 fully saturated rings. The summed E-state index contributed by atoms with van der Waals surface area (Å²) in [6.45, 7) is -0.0626. The van der Waals surface area contributed by atoms with Crippen LogP contribution in [0.1, 0.15) is 12.8 Å². The molecule has 19 heavy (non-hydrogen) atoms. The second-order valence-electron chi connectivity index (χ2n) is 3.94. The molecule has 3 amide bonds. The smallest absolute Gasteiger partial charge is 0.271 e. The molecule has 2 heterocycles. The third-order valence-electron chi connectivity index (χ3n) is 2.38. The zero-order valence-corrected chi connectivity index (χ0v) is 9.92. The lowest BCUT2D eigenvalue weighted by molar-refractivity contribution is -0.121. The van der Waals surface area contributed by atoms with E-state index in [9.17, 15) is 14.4 Å². The number of nitrogens with zero attached hydrogens (tertiary/aromatic N) is 3. The summed E-state index contributed by atoms with van der Waals surface area (Å²) in [5.41, 5.74) is 7.92. The van der Waals surface area contributed by atoms with Gasteiger partial charge in [0, 0.05) is 19.0 Å². The molecule has 100 valence electrons. The van der Waals surface area contributed by atoms with Crippen LogP contribution in [0.25, 0.3) is 0 Å². The number of nitrogens with two attached hydrogens (primary N) is 1. The van der Waals surface area contributed by atoms with Crippen LogP contribution in [0.3, 0.4) is 0 Å². The Labute approximate surface area is 107 Å². The molecule has 0 bridgehead atoms. The number of hydrogen-bond donors (Lipinski definition) is 3. The molecule has 1 aromatic rings. The molecule has 9 heteroatoms. The zero-order valence-electron chi connectivity index (χ0n) is 9.92. The molecule has 0 unspecified atom stereocenters. The molecule has 9 nitrogen and oxygen atoms in total. The van der Waals surface area contributed by atoms with Crippen molar-refractivity contribution >= 4 is 29.1 Å². The van der Waals surface area contributed by atoms with E-state index in [1.165, 1.54) is 17.1 Å². The van der Waals surface area contributed by atoms with Gasteiger partial charge >= 0.3 is 0 Å². The number of hydrogen-bond acceptors (Lipinski definition) is 5. The van der Waals surface area contributed by atoms with E-state index in [1.54, 1.807) is 0 Å². The molecule has 0 atom stereocenters. The minimum atomic E-state index is -0.527. The van der Waals surface area contributed by atoms with Crippen molar-refractivity contribution in [2.75, 3.05) is 5.32 Å². The summed E-state index contributed by atoms with van der Waals surface area (Å²) in [5.74, 6) is -1.16. The number of rotatable bonds is 4. The summed E-state index contributed by atoms with van der Waals surface area (Å²) >= 11 is 0.